The van der Waals surface area contributed by atoms with Gasteiger partial charge in [-0.05, 0) is 6.42 Å². The lowest BCUT2D eigenvalue weighted by Gasteiger charge is -2.33. The van der Waals surface area contributed by atoms with Gasteiger partial charge in [0.1, 0.15) is 15.6 Å². The van der Waals surface area contributed by atoms with E-state index >= 15 is 0 Å². The standard InChI is InChI=1S/C12H19N3O3S/c1-3-7-6-15(4-5-18-7)12-9(17-2)8(13)10(19-12)11(14)16/h7H,3-6,13H2,1-2H3,(H2,14,16). The molecule has 1 fully saturated rings. The third-order valence-corrected chi connectivity index (χ3v) is 4.45. The Kier molecular flexibility index (Phi) is 4.16. The lowest BCUT2D eigenvalue weighted by atomic mass is 10.2. The van der Waals surface area contributed by atoms with Gasteiger partial charge in [0.2, 0.25) is 0 Å². The Hall–Kier alpha value is -1.47. The number of morpholine rings is 1. The normalized spacial score (nSPS) is 19.5. The summed E-state index contributed by atoms with van der Waals surface area (Å²) in [5, 5.41) is 0.857. The predicted octanol–water partition coefficient (Wildman–Crippen LogP) is 1.05. The van der Waals surface area contributed by atoms with Gasteiger partial charge in [-0.3, -0.25) is 4.79 Å². The molecule has 106 valence electrons. The fourth-order valence-corrected chi connectivity index (χ4v) is 3.23. The minimum absolute atomic E-state index is 0.193. The summed E-state index contributed by atoms with van der Waals surface area (Å²) in [6, 6.07) is 0. The molecule has 6 nitrogen and oxygen atoms in total. The minimum atomic E-state index is -0.521. The number of carbonyl (C=O) groups is 1. The van der Waals surface area contributed by atoms with Crippen LogP contribution in [0.2, 0.25) is 0 Å². The summed E-state index contributed by atoms with van der Waals surface area (Å²) < 4.78 is 11.0. The molecular formula is C12H19N3O3S. The van der Waals surface area contributed by atoms with Crippen molar-refractivity contribution in [1.82, 2.24) is 0 Å². The molecule has 0 radical (unpaired) electrons. The lowest BCUT2D eigenvalue weighted by Crippen LogP contribution is -2.42. The van der Waals surface area contributed by atoms with Crippen LogP contribution < -0.4 is 21.1 Å². The van der Waals surface area contributed by atoms with Crippen LogP contribution in [0.15, 0.2) is 0 Å². The molecule has 1 aromatic rings. The van der Waals surface area contributed by atoms with Crippen molar-refractivity contribution in [3.8, 4) is 5.75 Å². The monoisotopic (exact) mass is 285 g/mol. The van der Waals surface area contributed by atoms with Crippen molar-refractivity contribution in [3.63, 3.8) is 0 Å². The van der Waals surface area contributed by atoms with E-state index in [1.54, 1.807) is 7.11 Å². The summed E-state index contributed by atoms with van der Waals surface area (Å²) in [5.74, 6) is 0.0166. The molecule has 1 aromatic heterocycles. The fourth-order valence-electron chi connectivity index (χ4n) is 2.16. The summed E-state index contributed by atoms with van der Waals surface area (Å²) in [6.07, 6.45) is 1.14. The quantitative estimate of drug-likeness (QED) is 0.863. The summed E-state index contributed by atoms with van der Waals surface area (Å²) in [7, 11) is 1.55. The van der Waals surface area contributed by atoms with Crippen molar-refractivity contribution in [1.29, 1.82) is 0 Å². The number of hydrogen-bond acceptors (Lipinski definition) is 6. The molecule has 1 amide bonds. The number of ether oxygens (including phenoxy) is 2. The summed E-state index contributed by atoms with van der Waals surface area (Å²) in [6.45, 7) is 4.27. The first-order chi connectivity index (χ1) is 9.08. The minimum Gasteiger partial charge on any atom is -0.492 e. The van der Waals surface area contributed by atoms with E-state index in [0.717, 1.165) is 24.5 Å². The van der Waals surface area contributed by atoms with Crippen LogP contribution in [0.5, 0.6) is 5.75 Å². The number of rotatable bonds is 4. The first-order valence-electron chi connectivity index (χ1n) is 6.21. The molecule has 2 rings (SSSR count). The van der Waals surface area contributed by atoms with E-state index in [1.165, 1.54) is 11.3 Å². The molecule has 1 saturated heterocycles. The number of anilines is 2. The Balaban J connectivity index is 2.33. The van der Waals surface area contributed by atoms with Crippen molar-refractivity contribution < 1.29 is 14.3 Å². The van der Waals surface area contributed by atoms with Gasteiger partial charge in [-0.25, -0.2) is 0 Å². The molecule has 0 saturated carbocycles. The molecule has 7 heteroatoms. The Morgan fingerprint density at radius 1 is 1.63 bits per heavy atom. The molecule has 19 heavy (non-hydrogen) atoms. The molecule has 4 N–H and O–H groups in total. The first-order valence-corrected chi connectivity index (χ1v) is 7.02. The third kappa shape index (κ3) is 2.62. The van der Waals surface area contributed by atoms with Crippen LogP contribution in [-0.4, -0.2) is 38.8 Å². The van der Waals surface area contributed by atoms with Gasteiger partial charge in [0, 0.05) is 13.1 Å². The summed E-state index contributed by atoms with van der Waals surface area (Å²) >= 11 is 1.28. The van der Waals surface area contributed by atoms with Gasteiger partial charge in [-0.2, -0.15) is 0 Å². The second-order valence-electron chi connectivity index (χ2n) is 4.39. The van der Waals surface area contributed by atoms with Crippen molar-refractivity contribution in [2.75, 3.05) is 37.4 Å². The molecule has 0 spiro atoms. The molecule has 0 aliphatic carbocycles. The number of amides is 1. The van der Waals surface area contributed by atoms with E-state index in [2.05, 4.69) is 11.8 Å². The molecule has 1 aliphatic rings. The number of thiophene rings is 1. The maximum absolute atomic E-state index is 11.4. The molecule has 1 unspecified atom stereocenters. The van der Waals surface area contributed by atoms with Crippen molar-refractivity contribution >= 4 is 27.9 Å². The van der Waals surface area contributed by atoms with Gasteiger partial charge >= 0.3 is 0 Å². The average Bonchev–Trinajstić information content (AvgIpc) is 2.75. The van der Waals surface area contributed by atoms with E-state index in [0.29, 0.717) is 22.9 Å². The van der Waals surface area contributed by atoms with Gasteiger partial charge in [0.05, 0.1) is 19.8 Å². The molecule has 1 atom stereocenters. The van der Waals surface area contributed by atoms with Gasteiger partial charge in [-0.15, -0.1) is 11.3 Å². The van der Waals surface area contributed by atoms with E-state index in [-0.39, 0.29) is 6.10 Å². The number of nitrogens with zero attached hydrogens (tertiary/aromatic N) is 1. The molecular weight excluding hydrogens is 266 g/mol. The van der Waals surface area contributed by atoms with Crippen LogP contribution >= 0.6 is 11.3 Å². The van der Waals surface area contributed by atoms with Crippen LogP contribution in [0.1, 0.15) is 23.0 Å². The Morgan fingerprint density at radius 3 is 2.95 bits per heavy atom. The third-order valence-electron chi connectivity index (χ3n) is 3.19. The Morgan fingerprint density at radius 2 is 2.37 bits per heavy atom. The largest absolute Gasteiger partial charge is 0.492 e. The Bertz CT molecular complexity index is 475. The van der Waals surface area contributed by atoms with Crippen LogP contribution in [0.25, 0.3) is 0 Å². The van der Waals surface area contributed by atoms with E-state index in [9.17, 15) is 4.79 Å². The average molecular weight is 285 g/mol. The maximum Gasteiger partial charge on any atom is 0.261 e. The van der Waals surface area contributed by atoms with Crippen molar-refractivity contribution in [2.45, 2.75) is 19.4 Å². The number of primary amides is 1. The van der Waals surface area contributed by atoms with Gasteiger partial charge in [0.15, 0.2) is 5.75 Å². The highest BCUT2D eigenvalue weighted by Crippen LogP contribution is 2.45. The number of nitrogen functional groups attached to an aromatic ring is 1. The smallest absolute Gasteiger partial charge is 0.261 e. The van der Waals surface area contributed by atoms with E-state index < -0.39 is 5.91 Å². The highest BCUT2D eigenvalue weighted by molar-refractivity contribution is 7.19. The number of carbonyl (C=O) groups excluding carboxylic acids is 1. The zero-order valence-electron chi connectivity index (χ0n) is 11.1. The van der Waals surface area contributed by atoms with Crippen LogP contribution in [0.3, 0.4) is 0 Å². The van der Waals surface area contributed by atoms with Gasteiger partial charge < -0.3 is 25.8 Å². The van der Waals surface area contributed by atoms with Crippen molar-refractivity contribution in [3.05, 3.63) is 4.88 Å². The van der Waals surface area contributed by atoms with E-state index in [4.69, 9.17) is 20.9 Å². The number of hydrogen-bond donors (Lipinski definition) is 2. The molecule has 2 heterocycles. The second kappa shape index (κ2) is 5.66. The fraction of sp³-hybridized carbons (Fsp3) is 0.583. The molecule has 0 bridgehead atoms. The van der Waals surface area contributed by atoms with Crippen LogP contribution in [0, 0.1) is 0 Å². The number of nitrogens with two attached hydrogens (primary N) is 2. The van der Waals surface area contributed by atoms with Gasteiger partial charge in [0.25, 0.3) is 5.91 Å². The van der Waals surface area contributed by atoms with Crippen LogP contribution in [0.4, 0.5) is 10.7 Å². The summed E-state index contributed by atoms with van der Waals surface area (Å²) in [4.78, 5) is 13.9. The predicted molar refractivity (Wildman–Crippen MR) is 76.0 cm³/mol. The Labute approximate surface area is 116 Å². The number of methoxy groups -OCH3 is 1. The molecule has 0 aromatic carbocycles. The zero-order valence-corrected chi connectivity index (χ0v) is 12.0. The lowest BCUT2D eigenvalue weighted by molar-refractivity contribution is 0.0385. The van der Waals surface area contributed by atoms with Crippen molar-refractivity contribution in [2.24, 2.45) is 5.73 Å². The zero-order chi connectivity index (χ0) is 14.0. The first kappa shape index (κ1) is 14.0. The highest BCUT2D eigenvalue weighted by atomic mass is 32.1. The SMILES string of the molecule is CCC1CN(c2sc(C(N)=O)c(N)c2OC)CCO1. The highest BCUT2D eigenvalue weighted by Gasteiger charge is 2.27. The maximum atomic E-state index is 11.4. The van der Waals surface area contributed by atoms with Gasteiger partial charge in [-0.1, -0.05) is 6.92 Å². The topological polar surface area (TPSA) is 90.8 Å². The van der Waals surface area contributed by atoms with Crippen LogP contribution in [-0.2, 0) is 4.74 Å². The second-order valence-corrected chi connectivity index (χ2v) is 5.39. The van der Waals surface area contributed by atoms with E-state index in [1.807, 2.05) is 0 Å². The molecule has 1 aliphatic heterocycles. The summed E-state index contributed by atoms with van der Waals surface area (Å²) in [5.41, 5.74) is 11.6.